The summed E-state index contributed by atoms with van der Waals surface area (Å²) < 4.78 is 37.8. The molecule has 4 atom stereocenters. The van der Waals surface area contributed by atoms with Crippen LogP contribution >= 0.6 is 0 Å². The zero-order chi connectivity index (χ0) is 27.1. The minimum absolute atomic E-state index is 0.00320. The standard InChI is InChI=1S/C30H42FN3O3S/c1-3-27(21-7-10-26(11-8-21)38(2,36)37)30(35)34-29-15-18-33-20-24(29)9-12-28(22-13-16-32-17-14-22)23-5-4-6-25(31)19-23/h4-8,10-11,19,22,24,27-29,32-33H,3,9,12-18,20H2,1-2H3,(H,34,35). The van der Waals surface area contributed by atoms with Crippen LogP contribution in [-0.2, 0) is 14.6 Å². The Morgan fingerprint density at radius 3 is 2.39 bits per heavy atom. The Morgan fingerprint density at radius 2 is 1.74 bits per heavy atom. The van der Waals surface area contributed by atoms with Gasteiger partial charge in [-0.2, -0.15) is 0 Å². The van der Waals surface area contributed by atoms with Gasteiger partial charge in [-0.25, -0.2) is 12.8 Å². The average molecular weight is 544 g/mol. The minimum Gasteiger partial charge on any atom is -0.352 e. The van der Waals surface area contributed by atoms with Crippen LogP contribution in [-0.4, -0.2) is 52.8 Å². The van der Waals surface area contributed by atoms with Crippen molar-refractivity contribution in [1.29, 1.82) is 0 Å². The lowest BCUT2D eigenvalue weighted by molar-refractivity contribution is -0.124. The van der Waals surface area contributed by atoms with Gasteiger partial charge in [0.15, 0.2) is 9.84 Å². The van der Waals surface area contributed by atoms with Crippen LogP contribution in [0.1, 0.15) is 68.4 Å². The van der Waals surface area contributed by atoms with Gasteiger partial charge in [-0.1, -0.05) is 31.2 Å². The van der Waals surface area contributed by atoms with E-state index >= 15 is 0 Å². The molecule has 6 nitrogen and oxygen atoms in total. The predicted molar refractivity (Wildman–Crippen MR) is 149 cm³/mol. The van der Waals surface area contributed by atoms with Gasteiger partial charge in [0, 0.05) is 12.3 Å². The van der Waals surface area contributed by atoms with Crippen molar-refractivity contribution in [3.8, 4) is 0 Å². The summed E-state index contributed by atoms with van der Waals surface area (Å²) in [5.41, 5.74) is 1.92. The fourth-order valence-corrected chi connectivity index (χ4v) is 6.90. The monoisotopic (exact) mass is 543 g/mol. The van der Waals surface area contributed by atoms with Crippen molar-refractivity contribution in [3.05, 3.63) is 65.5 Å². The van der Waals surface area contributed by atoms with Gasteiger partial charge in [-0.3, -0.25) is 4.79 Å². The lowest BCUT2D eigenvalue weighted by Gasteiger charge is -2.36. The third-order valence-electron chi connectivity index (χ3n) is 8.45. The summed E-state index contributed by atoms with van der Waals surface area (Å²) in [6.07, 6.45) is 6.82. The number of hydrogen-bond acceptors (Lipinski definition) is 5. The van der Waals surface area contributed by atoms with Gasteiger partial charge in [0.05, 0.1) is 10.8 Å². The maximum atomic E-state index is 14.1. The number of benzene rings is 2. The molecule has 2 aliphatic rings. The second-order valence-electron chi connectivity index (χ2n) is 11.0. The van der Waals surface area contributed by atoms with E-state index < -0.39 is 9.84 Å². The van der Waals surface area contributed by atoms with Gasteiger partial charge in [0.25, 0.3) is 0 Å². The molecule has 2 aromatic carbocycles. The van der Waals surface area contributed by atoms with Crippen LogP contribution in [0.4, 0.5) is 4.39 Å². The molecule has 0 aliphatic carbocycles. The van der Waals surface area contributed by atoms with Crippen LogP contribution in [0.5, 0.6) is 0 Å². The number of piperidine rings is 2. The fraction of sp³-hybridized carbons (Fsp3) is 0.567. The summed E-state index contributed by atoms with van der Waals surface area (Å²) in [5, 5.41) is 10.3. The molecule has 2 aromatic rings. The second kappa shape index (κ2) is 13.2. The summed E-state index contributed by atoms with van der Waals surface area (Å²) in [6.45, 7) is 5.71. The summed E-state index contributed by atoms with van der Waals surface area (Å²) >= 11 is 0. The number of sulfone groups is 1. The van der Waals surface area contributed by atoms with E-state index in [1.54, 1.807) is 30.3 Å². The molecular formula is C30H42FN3O3S. The predicted octanol–water partition coefficient (Wildman–Crippen LogP) is 4.38. The molecule has 208 valence electrons. The first-order valence-electron chi connectivity index (χ1n) is 14.0. The Bertz CT molecular complexity index is 1170. The Hall–Kier alpha value is -2.29. The fourth-order valence-electron chi connectivity index (χ4n) is 6.27. The Labute approximate surface area is 227 Å². The highest BCUT2D eigenvalue weighted by Crippen LogP contribution is 2.37. The number of carbonyl (C=O) groups is 1. The summed E-state index contributed by atoms with van der Waals surface area (Å²) in [4.78, 5) is 13.7. The molecule has 8 heteroatoms. The largest absolute Gasteiger partial charge is 0.352 e. The van der Waals surface area contributed by atoms with Crippen LogP contribution in [0, 0.1) is 17.7 Å². The molecule has 2 fully saturated rings. The summed E-state index contributed by atoms with van der Waals surface area (Å²) in [7, 11) is -3.28. The number of rotatable bonds is 10. The zero-order valence-electron chi connectivity index (χ0n) is 22.6. The van der Waals surface area contributed by atoms with Crippen LogP contribution in [0.3, 0.4) is 0 Å². The molecule has 2 saturated heterocycles. The number of amides is 1. The Kier molecular flexibility index (Phi) is 9.96. The van der Waals surface area contributed by atoms with Crippen molar-refractivity contribution in [2.45, 2.75) is 68.2 Å². The highest BCUT2D eigenvalue weighted by atomic mass is 32.2. The Morgan fingerprint density at radius 1 is 1.03 bits per heavy atom. The SMILES string of the molecule is CCC(C(=O)NC1CCNCC1CCC(c1cccc(F)c1)C1CCNCC1)c1ccc(S(C)(=O)=O)cc1. The van der Waals surface area contributed by atoms with Crippen LogP contribution in [0.15, 0.2) is 53.4 Å². The van der Waals surface area contributed by atoms with Gasteiger partial charge in [0.2, 0.25) is 5.91 Å². The quantitative estimate of drug-likeness (QED) is 0.414. The van der Waals surface area contributed by atoms with Gasteiger partial charge in [-0.15, -0.1) is 0 Å². The normalized spacial score (nSPS) is 22.5. The highest BCUT2D eigenvalue weighted by molar-refractivity contribution is 7.90. The van der Waals surface area contributed by atoms with Gasteiger partial charge >= 0.3 is 0 Å². The molecule has 2 heterocycles. The first kappa shape index (κ1) is 28.7. The molecule has 2 aliphatic heterocycles. The van der Waals surface area contributed by atoms with Crippen LogP contribution in [0.2, 0.25) is 0 Å². The van der Waals surface area contributed by atoms with Crippen LogP contribution < -0.4 is 16.0 Å². The van der Waals surface area contributed by atoms with Crippen molar-refractivity contribution < 1.29 is 17.6 Å². The van der Waals surface area contributed by atoms with E-state index in [0.717, 1.165) is 69.4 Å². The third-order valence-corrected chi connectivity index (χ3v) is 9.58. The van der Waals surface area contributed by atoms with E-state index in [1.807, 2.05) is 13.0 Å². The number of hydrogen-bond donors (Lipinski definition) is 3. The van der Waals surface area contributed by atoms with Gasteiger partial charge in [-0.05, 0) is 118 Å². The van der Waals surface area contributed by atoms with Crippen LogP contribution in [0.25, 0.3) is 0 Å². The van der Waals surface area contributed by atoms with Crippen molar-refractivity contribution in [2.24, 2.45) is 11.8 Å². The molecular weight excluding hydrogens is 501 g/mol. The Balaban J connectivity index is 1.43. The van der Waals surface area contributed by atoms with Crippen molar-refractivity contribution in [3.63, 3.8) is 0 Å². The van der Waals surface area contributed by atoms with E-state index in [0.29, 0.717) is 24.2 Å². The number of halogens is 1. The first-order chi connectivity index (χ1) is 18.3. The molecule has 4 unspecified atom stereocenters. The van der Waals surface area contributed by atoms with Gasteiger partial charge in [0.1, 0.15) is 5.82 Å². The van der Waals surface area contributed by atoms with E-state index in [2.05, 4.69) is 22.0 Å². The van der Waals surface area contributed by atoms with E-state index in [1.165, 1.54) is 12.3 Å². The summed E-state index contributed by atoms with van der Waals surface area (Å²) in [5.74, 6) is 0.631. The zero-order valence-corrected chi connectivity index (χ0v) is 23.4. The van der Waals surface area contributed by atoms with Crippen molar-refractivity contribution >= 4 is 15.7 Å². The lowest BCUT2D eigenvalue weighted by atomic mass is 9.75. The number of nitrogens with one attached hydrogen (secondary N) is 3. The maximum absolute atomic E-state index is 14.1. The smallest absolute Gasteiger partial charge is 0.227 e. The molecule has 38 heavy (non-hydrogen) atoms. The molecule has 0 spiro atoms. The van der Waals surface area contributed by atoms with E-state index in [-0.39, 0.29) is 28.6 Å². The first-order valence-corrected chi connectivity index (χ1v) is 15.9. The molecule has 0 bridgehead atoms. The molecule has 4 rings (SSSR count). The van der Waals surface area contributed by atoms with Gasteiger partial charge < -0.3 is 16.0 Å². The van der Waals surface area contributed by atoms with Crippen molar-refractivity contribution in [1.82, 2.24) is 16.0 Å². The topological polar surface area (TPSA) is 87.3 Å². The highest BCUT2D eigenvalue weighted by Gasteiger charge is 2.32. The van der Waals surface area contributed by atoms with E-state index in [9.17, 15) is 17.6 Å². The maximum Gasteiger partial charge on any atom is 0.227 e. The average Bonchev–Trinajstić information content (AvgIpc) is 2.91. The molecule has 3 N–H and O–H groups in total. The molecule has 0 saturated carbocycles. The minimum atomic E-state index is -3.28. The molecule has 1 amide bonds. The second-order valence-corrected chi connectivity index (χ2v) is 13.0. The molecule has 0 radical (unpaired) electrons. The van der Waals surface area contributed by atoms with E-state index in [4.69, 9.17) is 0 Å². The molecule has 0 aromatic heterocycles. The summed E-state index contributed by atoms with van der Waals surface area (Å²) in [6, 6.07) is 13.9. The third kappa shape index (κ3) is 7.42. The van der Waals surface area contributed by atoms with Crippen molar-refractivity contribution in [2.75, 3.05) is 32.4 Å². The lowest BCUT2D eigenvalue weighted by Crippen LogP contribution is -2.50. The number of carbonyl (C=O) groups excluding carboxylic acids is 1.